The molecule has 0 fully saturated rings. The van der Waals surface area contributed by atoms with E-state index in [0.717, 1.165) is 88.8 Å². The van der Waals surface area contributed by atoms with Crippen LogP contribution >= 0.6 is 0 Å². The Hall–Kier alpha value is -6.78. The van der Waals surface area contributed by atoms with Gasteiger partial charge >= 0.3 is 0 Å². The summed E-state index contributed by atoms with van der Waals surface area (Å²) in [6, 6.07) is 48.7. The largest absolute Gasteiger partial charge is 0.456 e. The first kappa shape index (κ1) is 35.6. The molecule has 4 heteroatoms. The predicted molar refractivity (Wildman–Crippen MR) is 246 cm³/mol. The molecule has 0 amide bonds. The highest BCUT2D eigenvalue weighted by atomic mass is 16.3. The fraction of sp³-hybridized carbons (Fsp3) is 0.148. The van der Waals surface area contributed by atoms with E-state index in [-0.39, 0.29) is 0 Å². The molecule has 2 aromatic heterocycles. The minimum absolute atomic E-state index is 0.860. The summed E-state index contributed by atoms with van der Waals surface area (Å²) in [5, 5.41) is 6.72. The van der Waals surface area contributed by atoms with Crippen molar-refractivity contribution in [3.05, 3.63) is 178 Å². The van der Waals surface area contributed by atoms with Crippen LogP contribution in [0.4, 0.5) is 34.1 Å². The van der Waals surface area contributed by atoms with Gasteiger partial charge < -0.3 is 18.6 Å². The maximum absolute atomic E-state index is 6.71. The zero-order valence-electron chi connectivity index (χ0n) is 34.4. The number of aryl methyl sites for hydroxylation is 8. The SMILES string of the molecule is Cc1ccc(N(c2ccc3c(c2)oc2ccc4c(ccc5oc6cc(N(c7ccc(C)cc7C)c7ccc(C)cc7C)ccc6c54)c23)c2ccc(C)cc2C)c(C)c1. The lowest BCUT2D eigenvalue weighted by atomic mass is 9.99. The number of fused-ring (bicyclic) bond motifs is 9. The molecule has 0 aliphatic heterocycles. The summed E-state index contributed by atoms with van der Waals surface area (Å²) >= 11 is 0. The summed E-state index contributed by atoms with van der Waals surface area (Å²) < 4.78 is 13.4. The molecular formula is C54H46N2O2. The summed E-state index contributed by atoms with van der Waals surface area (Å²) in [5.74, 6) is 0. The first-order valence-corrected chi connectivity index (χ1v) is 20.2. The Balaban J connectivity index is 1.13. The molecule has 0 unspecified atom stereocenters. The molecule has 0 atom stereocenters. The number of benzene rings is 8. The Labute approximate surface area is 339 Å². The average Bonchev–Trinajstić information content (AvgIpc) is 3.76. The molecule has 4 nitrogen and oxygen atoms in total. The molecule has 0 saturated carbocycles. The van der Waals surface area contributed by atoms with E-state index in [1.165, 1.54) is 44.5 Å². The van der Waals surface area contributed by atoms with Crippen molar-refractivity contribution < 1.29 is 8.83 Å². The Bertz CT molecular complexity index is 2970. The predicted octanol–water partition coefficient (Wildman–Crippen LogP) is 16.0. The maximum Gasteiger partial charge on any atom is 0.137 e. The van der Waals surface area contributed by atoms with Crippen molar-refractivity contribution >= 4 is 88.8 Å². The smallest absolute Gasteiger partial charge is 0.137 e. The zero-order valence-corrected chi connectivity index (χ0v) is 34.4. The zero-order chi connectivity index (χ0) is 40.0. The standard InChI is InChI=1S/C54H46N2O2/c1-31-9-19-45(35(5)25-31)55(46-20-10-32(2)26-36(46)6)39-13-15-43-51(29-39)57-49-23-17-42-41(53(43)49)18-24-50-54(42)44-16-14-40(30-52(44)58-50)56(47-21-11-33(3)27-37(47)7)48-22-12-34(4)28-38(48)8/h9-30H,1-8H3. The van der Waals surface area contributed by atoms with Crippen molar-refractivity contribution in [3.8, 4) is 0 Å². The van der Waals surface area contributed by atoms with Crippen LogP contribution in [0.25, 0.3) is 54.6 Å². The van der Waals surface area contributed by atoms with Crippen molar-refractivity contribution in [3.63, 3.8) is 0 Å². The third-order valence-corrected chi connectivity index (χ3v) is 11.9. The Kier molecular flexibility index (Phi) is 8.24. The van der Waals surface area contributed by atoms with Crippen molar-refractivity contribution in [2.45, 2.75) is 55.4 Å². The van der Waals surface area contributed by atoms with Crippen LogP contribution in [-0.4, -0.2) is 0 Å². The second kappa shape index (κ2) is 13.4. The second-order valence-electron chi connectivity index (χ2n) is 16.4. The van der Waals surface area contributed by atoms with E-state index in [1.807, 2.05) is 0 Å². The molecule has 0 radical (unpaired) electrons. The monoisotopic (exact) mass is 754 g/mol. The topological polar surface area (TPSA) is 32.8 Å². The molecule has 0 saturated heterocycles. The van der Waals surface area contributed by atoms with Gasteiger partial charge in [0.15, 0.2) is 0 Å². The van der Waals surface area contributed by atoms with Crippen molar-refractivity contribution in [1.82, 2.24) is 0 Å². The number of nitrogens with zero attached hydrogens (tertiary/aromatic N) is 2. The van der Waals surface area contributed by atoms with Crippen molar-refractivity contribution in [1.29, 1.82) is 0 Å². The lowest BCUT2D eigenvalue weighted by molar-refractivity contribution is 0.668. The van der Waals surface area contributed by atoms with E-state index in [2.05, 4.69) is 199 Å². The summed E-state index contributed by atoms with van der Waals surface area (Å²) in [6.07, 6.45) is 0. The second-order valence-corrected chi connectivity index (χ2v) is 16.4. The molecule has 0 spiro atoms. The molecule has 8 aromatic carbocycles. The van der Waals surface area contributed by atoms with Crippen LogP contribution in [0.3, 0.4) is 0 Å². The first-order valence-electron chi connectivity index (χ1n) is 20.2. The van der Waals surface area contributed by atoms with E-state index in [9.17, 15) is 0 Å². The summed E-state index contributed by atoms with van der Waals surface area (Å²) in [5.41, 5.74) is 20.1. The third kappa shape index (κ3) is 5.74. The van der Waals surface area contributed by atoms with E-state index in [1.54, 1.807) is 0 Å². The van der Waals surface area contributed by atoms with Gasteiger partial charge in [0, 0.05) is 67.8 Å². The fourth-order valence-electron chi connectivity index (χ4n) is 9.25. The molecule has 10 rings (SSSR count). The Morgan fingerprint density at radius 2 is 0.603 bits per heavy atom. The van der Waals surface area contributed by atoms with Gasteiger partial charge in [0.05, 0.1) is 0 Å². The van der Waals surface area contributed by atoms with Gasteiger partial charge in [-0.2, -0.15) is 0 Å². The molecule has 2 heterocycles. The molecule has 0 N–H and O–H groups in total. The lowest BCUT2D eigenvalue weighted by Gasteiger charge is -2.29. The highest BCUT2D eigenvalue weighted by Gasteiger charge is 2.22. The van der Waals surface area contributed by atoms with Crippen molar-refractivity contribution in [2.75, 3.05) is 9.80 Å². The van der Waals surface area contributed by atoms with Gasteiger partial charge in [-0.25, -0.2) is 0 Å². The maximum atomic E-state index is 6.71. The number of hydrogen-bond donors (Lipinski definition) is 0. The van der Waals surface area contributed by atoms with Crippen molar-refractivity contribution in [2.24, 2.45) is 0 Å². The van der Waals surface area contributed by atoms with E-state index in [4.69, 9.17) is 8.83 Å². The van der Waals surface area contributed by atoms with Crippen LogP contribution in [0.15, 0.2) is 142 Å². The third-order valence-electron chi connectivity index (χ3n) is 11.9. The van der Waals surface area contributed by atoms with Crippen LogP contribution in [0.1, 0.15) is 44.5 Å². The Morgan fingerprint density at radius 3 is 0.914 bits per heavy atom. The van der Waals surface area contributed by atoms with Crippen LogP contribution in [0, 0.1) is 55.4 Å². The molecule has 0 bridgehead atoms. The molecule has 0 aliphatic rings. The van der Waals surface area contributed by atoms with Crippen LogP contribution < -0.4 is 9.80 Å². The number of anilines is 6. The minimum atomic E-state index is 0.860. The minimum Gasteiger partial charge on any atom is -0.456 e. The van der Waals surface area contributed by atoms with Gasteiger partial charge in [0.25, 0.3) is 0 Å². The number of hydrogen-bond acceptors (Lipinski definition) is 4. The quantitative estimate of drug-likeness (QED) is 0.169. The normalized spacial score (nSPS) is 11.8. The van der Waals surface area contributed by atoms with Gasteiger partial charge in [-0.05, 0) is 161 Å². The highest BCUT2D eigenvalue weighted by Crippen LogP contribution is 2.46. The highest BCUT2D eigenvalue weighted by molar-refractivity contribution is 6.27. The van der Waals surface area contributed by atoms with Gasteiger partial charge in [-0.1, -0.05) is 70.8 Å². The molecule has 58 heavy (non-hydrogen) atoms. The first-order chi connectivity index (χ1) is 28.0. The van der Waals surface area contributed by atoms with E-state index < -0.39 is 0 Å². The molecule has 0 aliphatic carbocycles. The fourth-order valence-corrected chi connectivity index (χ4v) is 9.25. The van der Waals surface area contributed by atoms with Gasteiger partial charge in [-0.15, -0.1) is 0 Å². The van der Waals surface area contributed by atoms with Gasteiger partial charge in [-0.3, -0.25) is 0 Å². The van der Waals surface area contributed by atoms with Gasteiger partial charge in [0.1, 0.15) is 22.3 Å². The summed E-state index contributed by atoms with van der Waals surface area (Å²) in [4.78, 5) is 4.73. The molecule has 284 valence electrons. The van der Waals surface area contributed by atoms with Crippen LogP contribution in [-0.2, 0) is 0 Å². The summed E-state index contributed by atoms with van der Waals surface area (Å²) in [6.45, 7) is 17.4. The van der Waals surface area contributed by atoms with Gasteiger partial charge in [0.2, 0.25) is 0 Å². The van der Waals surface area contributed by atoms with E-state index in [0.29, 0.717) is 0 Å². The van der Waals surface area contributed by atoms with Crippen LogP contribution in [0.5, 0.6) is 0 Å². The summed E-state index contributed by atoms with van der Waals surface area (Å²) in [7, 11) is 0. The molecule has 10 aromatic rings. The Morgan fingerprint density at radius 1 is 0.293 bits per heavy atom. The number of rotatable bonds is 6. The molecular weight excluding hydrogens is 709 g/mol. The van der Waals surface area contributed by atoms with Crippen LogP contribution in [0.2, 0.25) is 0 Å². The van der Waals surface area contributed by atoms with E-state index >= 15 is 0 Å². The lowest BCUT2D eigenvalue weighted by Crippen LogP contribution is -2.12. The number of furan rings is 2. The average molecular weight is 755 g/mol.